The Kier molecular flexibility index (Phi) is 7.57. The Morgan fingerprint density at radius 1 is 0.857 bits per heavy atom. The van der Waals surface area contributed by atoms with Gasteiger partial charge in [-0.3, -0.25) is 0 Å². The molecule has 0 aromatic heterocycles. The van der Waals surface area contributed by atoms with Crippen LogP contribution in [0.1, 0.15) is 13.8 Å². The normalized spacial score (nSPS) is 27.4. The van der Waals surface area contributed by atoms with Crippen molar-refractivity contribution >= 4 is 121 Å². The van der Waals surface area contributed by atoms with Gasteiger partial charge in [0.25, 0.3) is 0 Å². The Balaban J connectivity index is 1.36. The zero-order valence-electron chi connectivity index (χ0n) is 15.2. The van der Waals surface area contributed by atoms with Gasteiger partial charge in [-0.05, 0) is 0 Å². The maximum absolute atomic E-state index is 5.75. The molecule has 0 amide bonds. The molecule has 0 aromatic carbocycles. The van der Waals surface area contributed by atoms with Gasteiger partial charge in [-0.15, -0.1) is 0 Å². The molecule has 2 N–H and O–H groups in total. The summed E-state index contributed by atoms with van der Waals surface area (Å²) in [7, 11) is 7.86. The summed E-state index contributed by atoms with van der Waals surface area (Å²) in [6.07, 6.45) is 0.108. The summed E-state index contributed by atoms with van der Waals surface area (Å²) in [6.45, 7) is 4.26. The molecule has 2 atom stereocenters. The Morgan fingerprint density at radius 3 is 1.64 bits per heavy atom. The van der Waals surface area contributed by atoms with E-state index in [0.717, 1.165) is 21.4 Å². The van der Waals surface area contributed by atoms with Crippen LogP contribution >= 0.6 is 44.8 Å². The fourth-order valence-electron chi connectivity index (χ4n) is 2.88. The van der Waals surface area contributed by atoms with Gasteiger partial charge in [0, 0.05) is 0 Å². The van der Waals surface area contributed by atoms with E-state index >= 15 is 0 Å². The van der Waals surface area contributed by atoms with E-state index in [-0.39, 0.29) is 67.1 Å². The standard InChI is InChI=1S/C14H16N6S4Se4/c1-5-7(21)11(19(3)13-9(5)23-25-15-13)17-27-28-18-12-8(22)6(2)10-14(20(12)4)16-26-24-10/h11-12,17-18H,1-4H3. The molecular weight excluding hydrogens is 696 g/mol. The number of hydrogen-bond donors (Lipinski definition) is 2. The number of nitrogens with one attached hydrogen (secondary N) is 2. The van der Waals surface area contributed by atoms with Crippen LogP contribution in [0.2, 0.25) is 0 Å². The predicted octanol–water partition coefficient (Wildman–Crippen LogP) is 0.509. The summed E-state index contributed by atoms with van der Waals surface area (Å²) in [5, 5.41) is 0. The quantitative estimate of drug-likeness (QED) is 0.244. The number of thiocarbonyl (C=S) groups is 2. The number of nitrogens with zero attached hydrogens (tertiary/aromatic N) is 4. The van der Waals surface area contributed by atoms with Crippen molar-refractivity contribution in [2.24, 2.45) is 8.02 Å². The van der Waals surface area contributed by atoms with Crippen LogP contribution < -0.4 is 8.67 Å². The van der Waals surface area contributed by atoms with Crippen molar-refractivity contribution in [3.8, 4) is 0 Å². The summed E-state index contributed by atoms with van der Waals surface area (Å²) in [5.74, 6) is 2.20. The van der Waals surface area contributed by atoms with Gasteiger partial charge < -0.3 is 0 Å². The molecule has 0 spiro atoms. The molecule has 150 valence electrons. The summed E-state index contributed by atoms with van der Waals surface area (Å²) < 4.78 is 16.8. The van der Waals surface area contributed by atoms with Crippen molar-refractivity contribution in [1.82, 2.24) is 18.5 Å². The van der Waals surface area contributed by atoms with E-state index in [1.54, 1.807) is 0 Å². The van der Waals surface area contributed by atoms with Crippen molar-refractivity contribution < 1.29 is 0 Å². The van der Waals surface area contributed by atoms with Crippen LogP contribution in [-0.4, -0.2) is 112 Å². The molecule has 4 heterocycles. The maximum atomic E-state index is 5.75. The molecule has 0 saturated carbocycles. The topological polar surface area (TPSA) is 55.3 Å². The van der Waals surface area contributed by atoms with Crippen LogP contribution in [0, 0.1) is 0 Å². The summed E-state index contributed by atoms with van der Waals surface area (Å²) in [6, 6.07) is 0. The van der Waals surface area contributed by atoms with Crippen LogP contribution in [0.25, 0.3) is 0 Å². The number of hydrogen-bond acceptors (Lipinski definition) is 10. The van der Waals surface area contributed by atoms with E-state index in [1.165, 1.54) is 21.0 Å². The molecule has 0 saturated heterocycles. The van der Waals surface area contributed by atoms with E-state index in [0.29, 0.717) is 0 Å². The molecule has 0 aliphatic carbocycles. The van der Waals surface area contributed by atoms with Gasteiger partial charge in [0.05, 0.1) is 0 Å². The fourth-order valence-corrected chi connectivity index (χ4v) is 16.1. The Morgan fingerprint density at radius 2 is 1.25 bits per heavy atom. The van der Waals surface area contributed by atoms with E-state index in [4.69, 9.17) is 32.5 Å². The number of fused-ring (bicyclic) bond motifs is 2. The summed E-state index contributed by atoms with van der Waals surface area (Å²) in [5.41, 5.74) is 2.43. The van der Waals surface area contributed by atoms with Crippen molar-refractivity contribution in [3.05, 3.63) is 21.0 Å². The third-order valence-corrected chi connectivity index (χ3v) is 16.5. The van der Waals surface area contributed by atoms with Crippen LogP contribution in [-0.2, 0) is 0 Å². The van der Waals surface area contributed by atoms with Crippen molar-refractivity contribution in [3.63, 3.8) is 0 Å². The van der Waals surface area contributed by atoms with Gasteiger partial charge in [-0.1, -0.05) is 0 Å². The third-order valence-electron chi connectivity index (χ3n) is 4.62. The molecule has 0 fully saturated rings. The minimum absolute atomic E-state index is 0.0539. The van der Waals surface area contributed by atoms with Crippen molar-refractivity contribution in [2.45, 2.75) is 26.2 Å². The van der Waals surface area contributed by atoms with Gasteiger partial charge in [0.15, 0.2) is 0 Å². The number of amidine groups is 2. The number of rotatable bonds is 5. The zero-order valence-corrected chi connectivity index (χ0v) is 25.3. The fraction of sp³-hybridized carbons (Fsp3) is 0.429. The van der Waals surface area contributed by atoms with Crippen LogP contribution in [0.5, 0.6) is 0 Å². The molecule has 14 heteroatoms. The minimum atomic E-state index is 0.0539. The second-order valence-electron chi connectivity index (χ2n) is 6.21. The van der Waals surface area contributed by atoms with E-state index in [9.17, 15) is 0 Å². The van der Waals surface area contributed by atoms with Crippen LogP contribution in [0.15, 0.2) is 29.0 Å². The monoisotopic (exact) mass is 716 g/mol. The third kappa shape index (κ3) is 4.05. The molecule has 0 radical (unpaired) electrons. The first-order valence-corrected chi connectivity index (χ1v) is 22.1. The van der Waals surface area contributed by atoms with Crippen LogP contribution in [0.3, 0.4) is 0 Å². The van der Waals surface area contributed by atoms with Crippen molar-refractivity contribution in [1.29, 1.82) is 0 Å². The summed E-state index contributed by atoms with van der Waals surface area (Å²) >= 11 is 12.5. The number of likely N-dealkylation sites (N-methyl/N-ethyl adjacent to an activating group) is 2. The van der Waals surface area contributed by atoms with Crippen LogP contribution in [0.4, 0.5) is 0 Å². The molecule has 2 unspecified atom stereocenters. The van der Waals surface area contributed by atoms with E-state index in [1.807, 2.05) is 20.4 Å². The second-order valence-corrected chi connectivity index (χ2v) is 18.6. The van der Waals surface area contributed by atoms with Gasteiger partial charge in [-0.2, -0.15) is 0 Å². The Hall–Kier alpha value is 1.30. The van der Waals surface area contributed by atoms with Gasteiger partial charge in [-0.25, -0.2) is 0 Å². The molecular formula is C14H16N6S4Se4. The molecule has 0 bridgehead atoms. The molecule has 4 aliphatic rings. The molecule has 4 rings (SSSR count). The first kappa shape index (κ1) is 22.5. The van der Waals surface area contributed by atoms with E-state index < -0.39 is 0 Å². The zero-order chi connectivity index (χ0) is 20.0. The summed E-state index contributed by atoms with van der Waals surface area (Å²) in [4.78, 5) is 8.93. The van der Waals surface area contributed by atoms with Gasteiger partial charge >= 0.3 is 209 Å². The van der Waals surface area contributed by atoms with E-state index in [2.05, 4.69) is 46.4 Å². The Bertz CT molecular complexity index is 802. The molecule has 4 aliphatic heterocycles. The average molecular weight is 712 g/mol. The molecule has 28 heavy (non-hydrogen) atoms. The Labute approximate surface area is 206 Å². The predicted molar refractivity (Wildman–Crippen MR) is 133 cm³/mol. The first-order valence-electron chi connectivity index (χ1n) is 8.05. The first-order chi connectivity index (χ1) is 13.4. The molecule has 6 nitrogen and oxygen atoms in total. The SMILES string of the molecule is CC1=C2S[Se]N=C2N(C)C(N[Se][Se]NC2C(=S)C(C)=C3S[Se]N=C3N2C)C1=S. The van der Waals surface area contributed by atoms with Gasteiger partial charge in [0.2, 0.25) is 0 Å². The van der Waals surface area contributed by atoms with Gasteiger partial charge in [0.1, 0.15) is 0 Å². The molecule has 0 aromatic rings. The second kappa shape index (κ2) is 9.43. The average Bonchev–Trinajstić information content (AvgIpc) is 3.36. The van der Waals surface area contributed by atoms with Crippen molar-refractivity contribution in [2.75, 3.05) is 14.1 Å².